The van der Waals surface area contributed by atoms with E-state index in [4.69, 9.17) is 0 Å². The minimum absolute atomic E-state index is 0.0993. The number of carbonyl (C=O) groups is 1. The van der Waals surface area contributed by atoms with Gasteiger partial charge in [0.2, 0.25) is 0 Å². The van der Waals surface area contributed by atoms with Crippen molar-refractivity contribution in [2.45, 2.75) is 59.4 Å². The predicted molar refractivity (Wildman–Crippen MR) is 115 cm³/mol. The smallest absolute Gasteiger partial charge is 0.253 e. The van der Waals surface area contributed by atoms with Crippen LogP contribution in [0.4, 0.5) is 0 Å². The molecule has 1 aliphatic heterocycles. The molecule has 2 aromatic heterocycles. The average Bonchev–Trinajstić information content (AvgIpc) is 3.02. The number of amides is 1. The van der Waals surface area contributed by atoms with E-state index in [1.165, 1.54) is 30.6 Å². The monoisotopic (exact) mass is 401 g/mol. The van der Waals surface area contributed by atoms with Gasteiger partial charge in [-0.1, -0.05) is 6.42 Å². The number of thiophene rings is 1. The number of pyridine rings is 1. The zero-order chi connectivity index (χ0) is 20.1. The van der Waals surface area contributed by atoms with Crippen molar-refractivity contribution in [2.24, 2.45) is 5.92 Å². The number of piperidine rings is 1. The minimum Gasteiger partial charge on any atom is -0.348 e. The molecule has 28 heavy (non-hydrogen) atoms. The number of hydrogen-bond donors (Lipinski definition) is 3. The molecular weight excluding hydrogens is 370 g/mol. The molecule has 1 aliphatic rings. The molecule has 5 nitrogen and oxygen atoms in total. The molecule has 6 heteroatoms. The normalized spacial score (nSPS) is 15.0. The highest BCUT2D eigenvalue weighted by molar-refractivity contribution is 7.10. The summed E-state index contributed by atoms with van der Waals surface area (Å²) in [6.07, 6.45) is 6.08. The van der Waals surface area contributed by atoms with Gasteiger partial charge >= 0.3 is 0 Å². The fourth-order valence-corrected chi connectivity index (χ4v) is 5.11. The van der Waals surface area contributed by atoms with E-state index >= 15 is 0 Å². The Morgan fingerprint density at radius 3 is 2.71 bits per heavy atom. The Hall–Kier alpha value is -1.92. The van der Waals surface area contributed by atoms with E-state index in [2.05, 4.69) is 15.6 Å². The van der Waals surface area contributed by atoms with Gasteiger partial charge in [-0.05, 0) is 82.7 Å². The lowest BCUT2D eigenvalue weighted by atomic mass is 9.92. The summed E-state index contributed by atoms with van der Waals surface area (Å²) in [6, 6.07) is 1.93. The SMILES string of the molecule is Cc1cc(C)c(CNC(=O)c2csc(CCCC3CCNCC3)c2C)c(=O)[nH]1. The van der Waals surface area contributed by atoms with Crippen molar-refractivity contribution in [1.29, 1.82) is 0 Å². The molecule has 2 aromatic rings. The summed E-state index contributed by atoms with van der Waals surface area (Å²) in [5, 5.41) is 8.29. The summed E-state index contributed by atoms with van der Waals surface area (Å²) in [7, 11) is 0. The third-order valence-corrected chi connectivity index (χ3v) is 6.93. The van der Waals surface area contributed by atoms with Crippen molar-refractivity contribution in [2.75, 3.05) is 13.1 Å². The van der Waals surface area contributed by atoms with Crippen molar-refractivity contribution in [3.05, 3.63) is 54.6 Å². The van der Waals surface area contributed by atoms with Crippen LogP contribution >= 0.6 is 11.3 Å². The number of hydrogen-bond acceptors (Lipinski definition) is 4. The predicted octanol–water partition coefficient (Wildman–Crippen LogP) is 3.61. The van der Waals surface area contributed by atoms with Gasteiger partial charge in [-0.3, -0.25) is 9.59 Å². The lowest BCUT2D eigenvalue weighted by molar-refractivity contribution is 0.0950. The lowest BCUT2D eigenvalue weighted by Gasteiger charge is -2.22. The van der Waals surface area contributed by atoms with Crippen LogP contribution in [0.3, 0.4) is 0 Å². The van der Waals surface area contributed by atoms with E-state index in [0.717, 1.165) is 47.8 Å². The summed E-state index contributed by atoms with van der Waals surface area (Å²) >= 11 is 1.68. The molecule has 3 heterocycles. The van der Waals surface area contributed by atoms with E-state index in [-0.39, 0.29) is 18.0 Å². The quantitative estimate of drug-likeness (QED) is 0.663. The van der Waals surface area contributed by atoms with Gasteiger partial charge in [0.1, 0.15) is 0 Å². The topological polar surface area (TPSA) is 74.0 Å². The first-order valence-electron chi connectivity index (χ1n) is 10.2. The standard InChI is InChI=1S/C22H31N3O2S/c1-14-11-15(2)25-22(27)18(14)12-24-21(26)19-13-28-20(16(19)3)6-4-5-17-7-9-23-10-8-17/h11,13,17,23H,4-10,12H2,1-3H3,(H,24,26)(H,25,27). The van der Waals surface area contributed by atoms with Gasteiger partial charge in [0.15, 0.2) is 0 Å². The summed E-state index contributed by atoms with van der Waals surface area (Å²) in [6.45, 7) is 8.35. The molecule has 0 bridgehead atoms. The zero-order valence-corrected chi connectivity index (χ0v) is 17.9. The first-order valence-corrected chi connectivity index (χ1v) is 11.1. The van der Waals surface area contributed by atoms with E-state index in [9.17, 15) is 9.59 Å². The maximum atomic E-state index is 12.6. The number of carbonyl (C=O) groups excluding carboxylic acids is 1. The second-order valence-electron chi connectivity index (χ2n) is 7.91. The Bertz CT molecular complexity index is 878. The first kappa shape index (κ1) is 20.8. The second kappa shape index (κ2) is 9.52. The Balaban J connectivity index is 1.55. The van der Waals surface area contributed by atoms with Crippen LogP contribution in [0.1, 0.15) is 63.3 Å². The summed E-state index contributed by atoms with van der Waals surface area (Å²) < 4.78 is 0. The highest BCUT2D eigenvalue weighted by atomic mass is 32.1. The minimum atomic E-state index is -0.126. The lowest BCUT2D eigenvalue weighted by Crippen LogP contribution is -2.28. The third-order valence-electron chi connectivity index (χ3n) is 5.78. The Kier molecular flexibility index (Phi) is 7.08. The van der Waals surface area contributed by atoms with Gasteiger partial charge in [0.25, 0.3) is 11.5 Å². The van der Waals surface area contributed by atoms with Crippen molar-refractivity contribution in [1.82, 2.24) is 15.6 Å². The van der Waals surface area contributed by atoms with Gasteiger partial charge in [-0.2, -0.15) is 0 Å². The van der Waals surface area contributed by atoms with Crippen LogP contribution in [0.15, 0.2) is 16.2 Å². The van der Waals surface area contributed by atoms with Crippen LogP contribution < -0.4 is 16.2 Å². The van der Waals surface area contributed by atoms with Gasteiger partial charge in [-0.15, -0.1) is 11.3 Å². The van der Waals surface area contributed by atoms with Crippen LogP contribution in [0.5, 0.6) is 0 Å². The van der Waals surface area contributed by atoms with Crippen LogP contribution in [0.2, 0.25) is 0 Å². The molecule has 0 radical (unpaired) electrons. The van der Waals surface area contributed by atoms with E-state index in [0.29, 0.717) is 5.56 Å². The molecule has 1 amide bonds. The number of nitrogens with one attached hydrogen (secondary N) is 3. The fourth-order valence-electron chi connectivity index (χ4n) is 4.01. The van der Waals surface area contributed by atoms with E-state index in [1.807, 2.05) is 32.2 Å². The molecule has 1 fully saturated rings. The number of aryl methyl sites for hydroxylation is 3. The van der Waals surface area contributed by atoms with Crippen molar-refractivity contribution in [3.63, 3.8) is 0 Å². The average molecular weight is 402 g/mol. The van der Waals surface area contributed by atoms with Crippen LogP contribution in [0, 0.1) is 26.7 Å². The number of rotatable bonds is 7. The van der Waals surface area contributed by atoms with E-state index in [1.54, 1.807) is 11.3 Å². The molecule has 0 unspecified atom stereocenters. The third kappa shape index (κ3) is 5.11. The van der Waals surface area contributed by atoms with Crippen LogP contribution in [0.25, 0.3) is 0 Å². The second-order valence-corrected chi connectivity index (χ2v) is 8.87. The van der Waals surface area contributed by atoms with Crippen LogP contribution in [-0.2, 0) is 13.0 Å². The van der Waals surface area contributed by atoms with Gasteiger partial charge in [-0.25, -0.2) is 0 Å². The van der Waals surface area contributed by atoms with Gasteiger partial charge in [0.05, 0.1) is 5.56 Å². The Morgan fingerprint density at radius 2 is 2.00 bits per heavy atom. The van der Waals surface area contributed by atoms with Gasteiger partial charge in [0, 0.05) is 28.1 Å². The molecule has 3 N–H and O–H groups in total. The van der Waals surface area contributed by atoms with Gasteiger partial charge < -0.3 is 15.6 Å². The summed E-state index contributed by atoms with van der Waals surface area (Å²) in [4.78, 5) is 28.9. The van der Waals surface area contributed by atoms with Crippen molar-refractivity contribution < 1.29 is 4.79 Å². The zero-order valence-electron chi connectivity index (χ0n) is 17.1. The molecule has 152 valence electrons. The van der Waals surface area contributed by atoms with Crippen molar-refractivity contribution in [3.8, 4) is 0 Å². The molecule has 0 aromatic carbocycles. The Labute approximate surface area is 171 Å². The summed E-state index contributed by atoms with van der Waals surface area (Å²) in [5.41, 5.74) is 4.06. The molecule has 1 saturated heterocycles. The molecule has 0 saturated carbocycles. The maximum Gasteiger partial charge on any atom is 0.253 e. The highest BCUT2D eigenvalue weighted by Gasteiger charge is 2.17. The fraction of sp³-hybridized carbons (Fsp3) is 0.545. The molecule has 3 rings (SSSR count). The molecule has 0 atom stereocenters. The number of aromatic amines is 1. The first-order chi connectivity index (χ1) is 13.5. The Morgan fingerprint density at radius 1 is 1.25 bits per heavy atom. The maximum absolute atomic E-state index is 12.6. The molecular formula is C22H31N3O2S. The number of aromatic nitrogens is 1. The molecule has 0 spiro atoms. The highest BCUT2D eigenvalue weighted by Crippen LogP contribution is 2.26. The number of H-pyrrole nitrogens is 1. The largest absolute Gasteiger partial charge is 0.348 e. The summed E-state index contributed by atoms with van der Waals surface area (Å²) in [5.74, 6) is 0.748. The van der Waals surface area contributed by atoms with Crippen LogP contribution in [-0.4, -0.2) is 24.0 Å². The molecule has 0 aliphatic carbocycles. The van der Waals surface area contributed by atoms with Crippen molar-refractivity contribution >= 4 is 17.2 Å². The van der Waals surface area contributed by atoms with E-state index < -0.39 is 0 Å².